The predicted octanol–water partition coefficient (Wildman–Crippen LogP) is 4.73. The van der Waals surface area contributed by atoms with Crippen molar-refractivity contribution < 1.29 is 36.8 Å². The molecule has 1 N–H and O–H groups in total. The SMILES string of the molecule is Cc1cc(C2=NOC(c3cc(Cl)cc(Cl)c3)(C(F)(F)F)C2)ccc1C(=O)N[C@@H]1CON(CCF)C1=O. The maximum atomic E-state index is 14.2. The van der Waals surface area contributed by atoms with E-state index in [2.05, 4.69) is 10.5 Å². The summed E-state index contributed by atoms with van der Waals surface area (Å²) in [5.41, 5.74) is -2.12. The normalized spacial score (nSPS) is 22.0. The van der Waals surface area contributed by atoms with Gasteiger partial charge in [-0.15, -0.1) is 0 Å². The molecule has 0 aliphatic carbocycles. The van der Waals surface area contributed by atoms with Crippen molar-refractivity contribution in [2.45, 2.75) is 31.2 Å². The van der Waals surface area contributed by atoms with Gasteiger partial charge in [-0.2, -0.15) is 13.2 Å². The van der Waals surface area contributed by atoms with Crippen molar-refractivity contribution in [2.75, 3.05) is 19.8 Å². The molecule has 0 saturated carbocycles. The van der Waals surface area contributed by atoms with Crippen LogP contribution in [-0.4, -0.2) is 54.6 Å². The van der Waals surface area contributed by atoms with E-state index in [1.807, 2.05) is 0 Å². The van der Waals surface area contributed by atoms with E-state index in [1.54, 1.807) is 6.92 Å². The zero-order valence-corrected chi connectivity index (χ0v) is 20.2. The third-order valence-corrected chi connectivity index (χ3v) is 6.29. The van der Waals surface area contributed by atoms with Crippen LogP contribution in [0.4, 0.5) is 17.6 Å². The van der Waals surface area contributed by atoms with Crippen molar-refractivity contribution >= 4 is 40.7 Å². The van der Waals surface area contributed by atoms with Gasteiger partial charge >= 0.3 is 6.18 Å². The number of hydrogen-bond donors (Lipinski definition) is 1. The summed E-state index contributed by atoms with van der Waals surface area (Å²) in [4.78, 5) is 34.9. The molecule has 7 nitrogen and oxygen atoms in total. The number of nitrogens with zero attached hydrogens (tertiary/aromatic N) is 2. The molecule has 0 radical (unpaired) electrons. The second-order valence-electron chi connectivity index (χ2n) is 8.27. The van der Waals surface area contributed by atoms with Gasteiger partial charge in [0.25, 0.3) is 17.4 Å². The van der Waals surface area contributed by atoms with Crippen LogP contribution in [-0.2, 0) is 20.1 Å². The van der Waals surface area contributed by atoms with Crippen LogP contribution < -0.4 is 5.32 Å². The molecule has 192 valence electrons. The number of hydrogen-bond acceptors (Lipinski definition) is 5. The summed E-state index contributed by atoms with van der Waals surface area (Å²) in [6.07, 6.45) is -5.48. The summed E-state index contributed by atoms with van der Waals surface area (Å²) in [6.45, 7) is 0.415. The van der Waals surface area contributed by atoms with Crippen molar-refractivity contribution in [1.29, 1.82) is 0 Å². The minimum absolute atomic E-state index is 0.0136. The van der Waals surface area contributed by atoms with Crippen molar-refractivity contribution in [3.05, 3.63) is 68.7 Å². The molecule has 1 unspecified atom stereocenters. The highest BCUT2D eigenvalue weighted by atomic mass is 35.5. The Kier molecular flexibility index (Phi) is 7.18. The number of amides is 2. The largest absolute Gasteiger partial charge is 0.435 e. The maximum absolute atomic E-state index is 14.2. The van der Waals surface area contributed by atoms with Gasteiger partial charge < -0.3 is 10.2 Å². The second-order valence-corrected chi connectivity index (χ2v) is 9.14. The standard InChI is InChI=1S/C23H19Cl2F4N3O4/c1-12-6-13(2-3-17(12)20(33)30-19-11-35-32(5-4-26)21(19)34)18-10-22(36-31-18,23(27,28)29)14-7-15(24)9-16(25)8-14/h2-3,6-9,19H,4-5,10-11H2,1H3,(H,30,33)/t19-,22?/m1/s1. The second kappa shape index (κ2) is 9.87. The van der Waals surface area contributed by atoms with Crippen LogP contribution in [0.2, 0.25) is 10.0 Å². The molecule has 0 aromatic heterocycles. The molecule has 2 aromatic carbocycles. The lowest BCUT2D eigenvalue weighted by Crippen LogP contribution is -2.43. The van der Waals surface area contributed by atoms with Gasteiger partial charge in [-0.3, -0.25) is 14.4 Å². The molecule has 2 atom stereocenters. The number of nitrogens with one attached hydrogen (secondary N) is 1. The smallest absolute Gasteiger partial charge is 0.374 e. The number of carbonyl (C=O) groups excluding carboxylic acids is 2. The van der Waals surface area contributed by atoms with Crippen molar-refractivity contribution in [3.8, 4) is 0 Å². The Morgan fingerprint density at radius 2 is 1.92 bits per heavy atom. The van der Waals surface area contributed by atoms with Crippen molar-refractivity contribution in [1.82, 2.24) is 10.4 Å². The highest BCUT2D eigenvalue weighted by molar-refractivity contribution is 6.34. The summed E-state index contributed by atoms with van der Waals surface area (Å²) in [5, 5.41) is 7.11. The van der Waals surface area contributed by atoms with Gasteiger partial charge in [0.15, 0.2) is 0 Å². The number of hydroxylamine groups is 2. The highest BCUT2D eigenvalue weighted by Gasteiger charge is 2.62. The minimum atomic E-state index is -4.84. The quantitative estimate of drug-likeness (QED) is 0.530. The number of aryl methyl sites for hydroxylation is 1. The maximum Gasteiger partial charge on any atom is 0.435 e. The Hall–Kier alpha value is -2.89. The number of carbonyl (C=O) groups is 2. The summed E-state index contributed by atoms with van der Waals surface area (Å²) in [7, 11) is 0. The van der Waals surface area contributed by atoms with E-state index in [1.165, 1.54) is 24.3 Å². The van der Waals surface area contributed by atoms with Gasteiger partial charge in [0.1, 0.15) is 19.3 Å². The van der Waals surface area contributed by atoms with E-state index in [0.29, 0.717) is 11.1 Å². The first kappa shape index (κ1) is 26.2. The number of oxime groups is 1. The molecule has 2 heterocycles. The van der Waals surface area contributed by atoms with Gasteiger partial charge in [-0.25, -0.2) is 9.45 Å². The molecule has 2 aliphatic rings. The lowest BCUT2D eigenvalue weighted by atomic mass is 9.86. The average Bonchev–Trinajstić information content (AvgIpc) is 3.39. The van der Waals surface area contributed by atoms with Crippen molar-refractivity contribution in [2.24, 2.45) is 5.16 Å². The molecule has 0 spiro atoms. The summed E-state index contributed by atoms with van der Waals surface area (Å²) < 4.78 is 55.1. The lowest BCUT2D eigenvalue weighted by molar-refractivity contribution is -0.275. The van der Waals surface area contributed by atoms with Crippen LogP contribution in [0.1, 0.15) is 33.5 Å². The van der Waals surface area contributed by atoms with Gasteiger partial charge in [-0.1, -0.05) is 34.4 Å². The molecule has 1 saturated heterocycles. The average molecular weight is 548 g/mol. The van der Waals surface area contributed by atoms with E-state index < -0.39 is 42.7 Å². The van der Waals surface area contributed by atoms with E-state index in [4.69, 9.17) is 32.9 Å². The summed E-state index contributed by atoms with van der Waals surface area (Å²) in [5.74, 6) is -1.16. The third kappa shape index (κ3) is 4.87. The topological polar surface area (TPSA) is 80.2 Å². The van der Waals surface area contributed by atoms with E-state index in [9.17, 15) is 27.2 Å². The van der Waals surface area contributed by atoms with Crippen LogP contribution in [0.15, 0.2) is 41.6 Å². The van der Waals surface area contributed by atoms with Crippen LogP contribution in [0, 0.1) is 6.92 Å². The molecular formula is C23H19Cl2F4N3O4. The van der Waals surface area contributed by atoms with Gasteiger partial charge in [-0.05, 0) is 48.4 Å². The van der Waals surface area contributed by atoms with Crippen LogP contribution in [0.3, 0.4) is 0 Å². The Labute approximate surface area is 212 Å². The first-order chi connectivity index (χ1) is 16.9. The number of benzene rings is 2. The molecule has 2 amide bonds. The Balaban J connectivity index is 1.53. The zero-order chi connectivity index (χ0) is 26.3. The monoisotopic (exact) mass is 547 g/mol. The van der Waals surface area contributed by atoms with Crippen LogP contribution >= 0.6 is 23.2 Å². The summed E-state index contributed by atoms with van der Waals surface area (Å²) >= 11 is 11.8. The fourth-order valence-electron chi connectivity index (χ4n) is 4.01. The van der Waals surface area contributed by atoms with Crippen LogP contribution in [0.25, 0.3) is 0 Å². The van der Waals surface area contributed by atoms with Crippen LogP contribution in [0.5, 0.6) is 0 Å². The van der Waals surface area contributed by atoms with E-state index in [0.717, 1.165) is 17.2 Å². The Morgan fingerprint density at radius 3 is 2.53 bits per heavy atom. The highest BCUT2D eigenvalue weighted by Crippen LogP contribution is 2.49. The number of rotatable bonds is 6. The molecule has 2 aromatic rings. The first-order valence-corrected chi connectivity index (χ1v) is 11.4. The van der Waals surface area contributed by atoms with Gasteiger partial charge in [0, 0.05) is 27.6 Å². The van der Waals surface area contributed by atoms with Gasteiger partial charge in [0.05, 0.1) is 12.3 Å². The molecule has 4 rings (SSSR count). The van der Waals surface area contributed by atoms with Crippen molar-refractivity contribution in [3.63, 3.8) is 0 Å². The number of halogens is 6. The summed E-state index contributed by atoms with van der Waals surface area (Å²) in [6, 6.07) is 6.92. The first-order valence-electron chi connectivity index (χ1n) is 10.7. The molecule has 2 aliphatic heterocycles. The predicted molar refractivity (Wildman–Crippen MR) is 123 cm³/mol. The third-order valence-electron chi connectivity index (χ3n) is 5.85. The Bertz CT molecular complexity index is 1220. The fourth-order valence-corrected chi connectivity index (χ4v) is 4.53. The Morgan fingerprint density at radius 1 is 1.22 bits per heavy atom. The molecule has 13 heteroatoms. The molecule has 36 heavy (non-hydrogen) atoms. The molecular weight excluding hydrogens is 529 g/mol. The molecule has 1 fully saturated rings. The van der Waals surface area contributed by atoms with E-state index in [-0.39, 0.29) is 40.0 Å². The van der Waals surface area contributed by atoms with E-state index >= 15 is 0 Å². The molecule has 0 bridgehead atoms. The zero-order valence-electron chi connectivity index (χ0n) is 18.7. The van der Waals surface area contributed by atoms with Gasteiger partial charge in [0.2, 0.25) is 0 Å². The number of alkyl halides is 4. The minimum Gasteiger partial charge on any atom is -0.374 e. The fraction of sp³-hybridized carbons (Fsp3) is 0.348. The lowest BCUT2D eigenvalue weighted by Gasteiger charge is -2.29.